The average Bonchev–Trinajstić information content (AvgIpc) is 2.31. The van der Waals surface area contributed by atoms with Crippen LogP contribution in [-0.2, 0) is 16.0 Å². The molecule has 1 aromatic rings. The highest BCUT2D eigenvalue weighted by Gasteiger charge is 2.30. The van der Waals surface area contributed by atoms with Crippen molar-refractivity contribution in [3.8, 4) is 6.07 Å². The third-order valence-electron chi connectivity index (χ3n) is 2.07. The molecule has 3 nitrogen and oxygen atoms in total. The number of benzene rings is 1. The van der Waals surface area contributed by atoms with Crippen LogP contribution < -0.4 is 0 Å². The number of nitriles is 1. The lowest BCUT2D eigenvalue weighted by molar-refractivity contribution is -0.139. The summed E-state index contributed by atoms with van der Waals surface area (Å²) >= 11 is 2.66. The number of ether oxygens (including phenoxy) is 1. The van der Waals surface area contributed by atoms with Crippen molar-refractivity contribution in [2.75, 3.05) is 7.11 Å². The van der Waals surface area contributed by atoms with Gasteiger partial charge in [-0.3, -0.25) is 4.79 Å². The molecule has 0 saturated heterocycles. The van der Waals surface area contributed by atoms with E-state index in [-0.39, 0.29) is 38.7 Å². The van der Waals surface area contributed by atoms with Crippen LogP contribution in [0.3, 0.4) is 0 Å². The summed E-state index contributed by atoms with van der Waals surface area (Å²) in [6.07, 6.45) is -0.252. The SMILES string of the molecule is COC(=O)Cc1cc(SC(F)(F)F)c(Br)cc1C#N. The van der Waals surface area contributed by atoms with Crippen molar-refractivity contribution in [2.45, 2.75) is 16.8 Å². The zero-order chi connectivity index (χ0) is 14.6. The van der Waals surface area contributed by atoms with Gasteiger partial charge in [-0.25, -0.2) is 0 Å². The van der Waals surface area contributed by atoms with Crippen LogP contribution in [0, 0.1) is 11.3 Å². The molecule has 0 saturated carbocycles. The van der Waals surface area contributed by atoms with Gasteiger partial charge < -0.3 is 4.74 Å². The summed E-state index contributed by atoms with van der Waals surface area (Å²) in [6.45, 7) is 0. The van der Waals surface area contributed by atoms with Crippen LogP contribution in [0.25, 0.3) is 0 Å². The smallest absolute Gasteiger partial charge is 0.446 e. The van der Waals surface area contributed by atoms with Gasteiger partial charge in [-0.2, -0.15) is 18.4 Å². The van der Waals surface area contributed by atoms with E-state index in [2.05, 4.69) is 20.7 Å². The highest BCUT2D eigenvalue weighted by Crippen LogP contribution is 2.41. The Balaban J connectivity index is 3.18. The number of hydrogen-bond acceptors (Lipinski definition) is 4. The van der Waals surface area contributed by atoms with E-state index in [0.29, 0.717) is 0 Å². The molecule has 8 heteroatoms. The van der Waals surface area contributed by atoms with Gasteiger partial charge in [0.05, 0.1) is 25.2 Å². The molecule has 19 heavy (non-hydrogen) atoms. The fourth-order valence-corrected chi connectivity index (χ4v) is 2.47. The molecule has 0 aliphatic rings. The van der Waals surface area contributed by atoms with E-state index < -0.39 is 11.5 Å². The Labute approximate surface area is 119 Å². The molecule has 0 aliphatic heterocycles. The minimum absolute atomic E-state index is 0.106. The predicted molar refractivity (Wildman–Crippen MR) is 66.5 cm³/mol. The van der Waals surface area contributed by atoms with Crippen molar-refractivity contribution < 1.29 is 22.7 Å². The molecule has 1 rings (SSSR count). The van der Waals surface area contributed by atoms with Gasteiger partial charge >= 0.3 is 11.5 Å². The van der Waals surface area contributed by atoms with Crippen molar-refractivity contribution in [1.29, 1.82) is 5.26 Å². The molecule has 102 valence electrons. The van der Waals surface area contributed by atoms with Gasteiger partial charge in [-0.05, 0) is 45.4 Å². The lowest BCUT2D eigenvalue weighted by atomic mass is 10.1. The molecule has 0 aromatic heterocycles. The molecule has 1 aromatic carbocycles. The molecule has 0 radical (unpaired) electrons. The highest BCUT2D eigenvalue weighted by atomic mass is 79.9. The van der Waals surface area contributed by atoms with Crippen LogP contribution >= 0.6 is 27.7 Å². The summed E-state index contributed by atoms with van der Waals surface area (Å²) < 4.78 is 41.6. The predicted octanol–water partition coefficient (Wildman–Crippen LogP) is 3.65. The zero-order valence-corrected chi connectivity index (χ0v) is 11.9. The van der Waals surface area contributed by atoms with Gasteiger partial charge in [0, 0.05) is 9.37 Å². The quantitative estimate of drug-likeness (QED) is 0.614. The normalized spacial score (nSPS) is 10.9. The van der Waals surface area contributed by atoms with E-state index in [9.17, 15) is 18.0 Å². The van der Waals surface area contributed by atoms with Gasteiger partial charge in [0.1, 0.15) is 0 Å². The second kappa shape index (κ2) is 6.30. The van der Waals surface area contributed by atoms with Crippen LogP contribution in [0.4, 0.5) is 13.2 Å². The van der Waals surface area contributed by atoms with E-state index in [1.165, 1.54) is 13.2 Å². The molecular formula is C11H7BrF3NO2S. The van der Waals surface area contributed by atoms with Crippen molar-refractivity contribution >= 4 is 33.7 Å². The Bertz CT molecular complexity index is 540. The number of nitrogens with zero attached hydrogens (tertiary/aromatic N) is 1. The number of halogens is 4. The average molecular weight is 354 g/mol. The number of alkyl halides is 3. The summed E-state index contributed by atoms with van der Waals surface area (Å²) in [5.74, 6) is -0.623. The van der Waals surface area contributed by atoms with Crippen molar-refractivity contribution in [1.82, 2.24) is 0 Å². The largest absolute Gasteiger partial charge is 0.469 e. The van der Waals surface area contributed by atoms with E-state index in [0.717, 1.165) is 6.07 Å². The molecule has 0 bridgehead atoms. The summed E-state index contributed by atoms with van der Waals surface area (Å²) in [5.41, 5.74) is -4.12. The fourth-order valence-electron chi connectivity index (χ4n) is 1.28. The first-order chi connectivity index (χ1) is 8.76. The Morgan fingerprint density at radius 1 is 1.53 bits per heavy atom. The minimum Gasteiger partial charge on any atom is -0.469 e. The number of methoxy groups -OCH3 is 1. The molecule has 0 fully saturated rings. The monoisotopic (exact) mass is 353 g/mol. The second-order valence-corrected chi connectivity index (χ2v) is 5.31. The van der Waals surface area contributed by atoms with Crippen LogP contribution in [-0.4, -0.2) is 18.6 Å². The first-order valence-corrected chi connectivity index (χ1v) is 6.43. The highest BCUT2D eigenvalue weighted by molar-refractivity contribution is 9.10. The minimum atomic E-state index is -4.45. The first kappa shape index (κ1) is 15.9. The molecule has 0 N–H and O–H groups in total. The molecular weight excluding hydrogens is 347 g/mol. The summed E-state index contributed by atoms with van der Waals surface area (Å²) in [4.78, 5) is 11.1. The summed E-state index contributed by atoms with van der Waals surface area (Å²) in [6, 6.07) is 4.25. The molecule has 0 spiro atoms. The lowest BCUT2D eigenvalue weighted by Crippen LogP contribution is -2.07. The third kappa shape index (κ3) is 4.76. The molecule has 0 amide bonds. The lowest BCUT2D eigenvalue weighted by Gasteiger charge is -2.11. The Morgan fingerprint density at radius 3 is 2.63 bits per heavy atom. The summed E-state index contributed by atoms with van der Waals surface area (Å²) in [5, 5.41) is 8.90. The van der Waals surface area contributed by atoms with Gasteiger partial charge in [-0.15, -0.1) is 0 Å². The number of carbonyl (C=O) groups excluding carboxylic acids is 1. The third-order valence-corrected chi connectivity index (χ3v) is 3.77. The van der Waals surface area contributed by atoms with E-state index in [1.807, 2.05) is 6.07 Å². The topological polar surface area (TPSA) is 50.1 Å². The number of carbonyl (C=O) groups is 1. The summed E-state index contributed by atoms with van der Waals surface area (Å²) in [7, 11) is 1.17. The maximum absolute atomic E-state index is 12.3. The number of thioether (sulfide) groups is 1. The van der Waals surface area contributed by atoms with Gasteiger partial charge in [0.2, 0.25) is 0 Å². The Morgan fingerprint density at radius 2 is 2.16 bits per heavy atom. The van der Waals surface area contributed by atoms with Crippen LogP contribution in [0.2, 0.25) is 0 Å². The van der Waals surface area contributed by atoms with Gasteiger partial charge in [-0.1, -0.05) is 0 Å². The second-order valence-electron chi connectivity index (χ2n) is 3.35. The van der Waals surface area contributed by atoms with E-state index in [4.69, 9.17) is 5.26 Å². The Hall–Kier alpha value is -1.20. The van der Waals surface area contributed by atoms with Crippen LogP contribution in [0.5, 0.6) is 0 Å². The number of hydrogen-bond donors (Lipinski definition) is 0. The van der Waals surface area contributed by atoms with Gasteiger partial charge in [0.25, 0.3) is 0 Å². The van der Waals surface area contributed by atoms with Crippen LogP contribution in [0.1, 0.15) is 11.1 Å². The van der Waals surface area contributed by atoms with Gasteiger partial charge in [0.15, 0.2) is 0 Å². The first-order valence-electron chi connectivity index (χ1n) is 4.82. The molecule has 0 unspecified atom stereocenters. The van der Waals surface area contributed by atoms with E-state index in [1.54, 1.807) is 0 Å². The molecule has 0 heterocycles. The van der Waals surface area contributed by atoms with Crippen molar-refractivity contribution in [3.05, 3.63) is 27.7 Å². The fraction of sp³-hybridized carbons (Fsp3) is 0.273. The Kier molecular flexibility index (Phi) is 5.26. The number of esters is 1. The van der Waals surface area contributed by atoms with E-state index >= 15 is 0 Å². The maximum atomic E-state index is 12.3. The molecule has 0 aliphatic carbocycles. The standard InChI is InChI=1S/C11H7BrF3NO2S/c1-18-10(17)4-6-3-9(19-11(13,14)15)8(12)2-7(6)5-16/h2-3H,4H2,1H3. The van der Waals surface area contributed by atoms with Crippen molar-refractivity contribution in [3.63, 3.8) is 0 Å². The maximum Gasteiger partial charge on any atom is 0.446 e. The zero-order valence-electron chi connectivity index (χ0n) is 9.55. The molecule has 0 atom stereocenters. The number of rotatable bonds is 3. The van der Waals surface area contributed by atoms with Crippen LogP contribution in [0.15, 0.2) is 21.5 Å². The van der Waals surface area contributed by atoms with Crippen molar-refractivity contribution in [2.24, 2.45) is 0 Å².